The van der Waals surface area contributed by atoms with Gasteiger partial charge in [0.15, 0.2) is 5.71 Å². The molecule has 0 saturated carbocycles. The van der Waals surface area contributed by atoms with Gasteiger partial charge in [-0.1, -0.05) is 12.1 Å². The fraction of sp³-hybridized carbons (Fsp3) is 0.0556. The van der Waals surface area contributed by atoms with E-state index in [-0.39, 0.29) is 51.3 Å². The van der Waals surface area contributed by atoms with Gasteiger partial charge in [0.2, 0.25) is 5.78 Å². The summed E-state index contributed by atoms with van der Waals surface area (Å²) in [6.45, 7) is 0. The number of hydrazone groups is 1. The van der Waals surface area contributed by atoms with Gasteiger partial charge in [0.1, 0.15) is 43.3 Å². The zero-order valence-electron chi connectivity index (χ0n) is 32.1. The van der Waals surface area contributed by atoms with Gasteiger partial charge >= 0.3 is 0 Å². The second-order valence-corrected chi connectivity index (χ2v) is 17.0. The number of hydrogen-bond donors (Lipinski definition) is 7. The van der Waals surface area contributed by atoms with Crippen molar-refractivity contribution in [3.05, 3.63) is 105 Å². The summed E-state index contributed by atoms with van der Waals surface area (Å²) in [7, 11) is -12.5. The Bertz CT molecular complexity index is 3230. The summed E-state index contributed by atoms with van der Waals surface area (Å²) in [4.78, 5) is 21.6. The Balaban J connectivity index is 1.34. The van der Waals surface area contributed by atoms with E-state index in [0.717, 1.165) is 24.3 Å². The normalized spacial score (nSPS) is 13.9. The number of azo groups is 2. The molecule has 0 spiro atoms. The van der Waals surface area contributed by atoms with E-state index < -0.39 is 84.0 Å². The number of nitrogen functional groups attached to an aromatic ring is 3. The molecular formula is C36H30N10O14S3. The quantitative estimate of drug-likeness (QED) is 0.0226. The number of ketones is 1. The molecule has 0 atom stereocenters. The lowest BCUT2D eigenvalue weighted by Gasteiger charge is -2.20. The third-order valence-corrected chi connectivity index (χ3v) is 11.5. The first-order chi connectivity index (χ1) is 29.5. The van der Waals surface area contributed by atoms with Crippen LogP contribution in [0.1, 0.15) is 15.9 Å². The lowest BCUT2D eigenvalue weighted by molar-refractivity contribution is -0.384. The molecule has 0 amide bonds. The number of allylic oxidation sites excluding steroid dienone is 1. The number of benzene rings is 5. The number of nitrogens with zero attached hydrogens (tertiary/aromatic N) is 6. The first-order valence-electron chi connectivity index (χ1n) is 17.1. The van der Waals surface area contributed by atoms with E-state index in [4.69, 9.17) is 26.7 Å². The summed E-state index contributed by atoms with van der Waals surface area (Å²) in [6, 6.07) is 16.5. The Labute approximate surface area is 355 Å². The number of hydrogen-bond acceptors (Lipinski definition) is 20. The van der Waals surface area contributed by atoms with Gasteiger partial charge in [0, 0.05) is 12.1 Å². The predicted molar refractivity (Wildman–Crippen MR) is 227 cm³/mol. The Morgan fingerprint density at radius 1 is 0.683 bits per heavy atom. The van der Waals surface area contributed by atoms with Crippen molar-refractivity contribution in [1.29, 1.82) is 0 Å². The second kappa shape index (κ2) is 17.0. The number of nitrogens with two attached hydrogens (primary N) is 3. The van der Waals surface area contributed by atoms with E-state index in [1.807, 2.05) is 0 Å². The molecule has 5 aromatic carbocycles. The summed E-state index contributed by atoms with van der Waals surface area (Å²) >= 11 is 0. The number of Topliss-reactive ketones (excluding diaryl/α,β-unsaturated/α-hetero) is 1. The van der Waals surface area contributed by atoms with E-state index in [2.05, 4.69) is 31.0 Å². The van der Waals surface area contributed by atoms with Crippen molar-refractivity contribution in [2.24, 2.45) is 25.6 Å². The first-order valence-corrected chi connectivity index (χ1v) is 21.5. The molecule has 27 heteroatoms. The summed E-state index contributed by atoms with van der Waals surface area (Å²) < 4.78 is 114. The molecule has 5 aromatic rings. The molecule has 63 heavy (non-hydrogen) atoms. The summed E-state index contributed by atoms with van der Waals surface area (Å²) in [6.07, 6.45) is 0.702. The van der Waals surface area contributed by atoms with E-state index in [1.165, 1.54) is 44.6 Å². The number of ether oxygens (including phenoxy) is 2. The van der Waals surface area contributed by atoms with Crippen molar-refractivity contribution >= 4 is 99.1 Å². The SMILES string of the molecule is COc1cc(-c2ccc(N/N=C3/C(=O)c4c(cc(S(=O)(=O)O)c(N=Nc5ccc([N+](=O)[O-])cc5)c4N)C=C3S(=O)(=O)O)c(OC)c2)ccc1N=Nc1cc(S(=O)(=O)O)c(N)cc1N. The van der Waals surface area contributed by atoms with Gasteiger partial charge in [-0.15, -0.1) is 15.3 Å². The molecule has 0 aromatic heterocycles. The average molecular weight is 923 g/mol. The van der Waals surface area contributed by atoms with Crippen molar-refractivity contribution in [3.63, 3.8) is 0 Å². The number of nitro groups is 1. The van der Waals surface area contributed by atoms with Gasteiger partial charge in [-0.25, -0.2) is 0 Å². The van der Waals surface area contributed by atoms with Crippen LogP contribution in [0.3, 0.4) is 0 Å². The zero-order valence-corrected chi connectivity index (χ0v) is 34.5. The van der Waals surface area contributed by atoms with Crippen LogP contribution in [-0.2, 0) is 30.4 Å². The van der Waals surface area contributed by atoms with Crippen LogP contribution < -0.4 is 32.1 Å². The van der Waals surface area contributed by atoms with Crippen LogP contribution in [-0.4, -0.2) is 69.5 Å². The van der Waals surface area contributed by atoms with E-state index >= 15 is 0 Å². The van der Waals surface area contributed by atoms with Gasteiger partial charge in [-0.3, -0.25) is 34.0 Å². The Morgan fingerprint density at radius 3 is 1.87 bits per heavy atom. The standard InChI is InChI=1S/C36H30N10O14S3/c1-59-27-11-17(3-9-24(27)41-43-26-16-29(61(50,51)52)23(38)15-22(26)37)18-4-10-25(28(12-18)60-2)42-45-35-31(63(56,57)58)14-19-13-30(62(53,54)55)34(33(39)32(19)36(35)47)44-40-20-5-7-21(8-6-20)46(48)49/h3-16,42H,37-39H2,1-2H3,(H,50,51,52)(H,53,54,55)(H,56,57,58)/b43-41?,44-40?,45-35+. The Hall–Kier alpha value is -7.69. The minimum absolute atomic E-state index is 0.0227. The largest absolute Gasteiger partial charge is 0.494 e. The van der Waals surface area contributed by atoms with Gasteiger partial charge < -0.3 is 26.7 Å². The number of methoxy groups -OCH3 is 2. The monoisotopic (exact) mass is 922 g/mol. The number of non-ortho nitro benzene ring substituents is 1. The van der Waals surface area contributed by atoms with Crippen LogP contribution in [0.25, 0.3) is 17.2 Å². The van der Waals surface area contributed by atoms with Crippen molar-refractivity contribution < 1.29 is 58.1 Å². The van der Waals surface area contributed by atoms with Gasteiger partial charge in [-0.05, 0) is 77.4 Å². The molecule has 326 valence electrons. The molecule has 24 nitrogen and oxygen atoms in total. The van der Waals surface area contributed by atoms with Crippen LogP contribution in [0.5, 0.6) is 11.5 Å². The highest BCUT2D eigenvalue weighted by Gasteiger charge is 2.37. The molecule has 10 N–H and O–H groups in total. The fourth-order valence-corrected chi connectivity index (χ4v) is 7.83. The molecule has 0 saturated heterocycles. The second-order valence-electron chi connectivity index (χ2n) is 12.9. The topological polar surface area (TPSA) is 394 Å². The molecule has 0 fully saturated rings. The number of nitrogens with one attached hydrogen (secondary N) is 1. The molecule has 0 heterocycles. The molecule has 1 aliphatic rings. The highest BCUT2D eigenvalue weighted by atomic mass is 32.2. The van der Waals surface area contributed by atoms with E-state index in [0.29, 0.717) is 23.3 Å². The maximum atomic E-state index is 14.0. The number of carbonyl (C=O) groups excluding carboxylic acids is 1. The highest BCUT2D eigenvalue weighted by molar-refractivity contribution is 7.91. The summed E-state index contributed by atoms with van der Waals surface area (Å²) in [5, 5.41) is 30.6. The fourth-order valence-electron chi connectivity index (χ4n) is 5.89. The third-order valence-electron chi connectivity index (χ3n) is 8.88. The van der Waals surface area contributed by atoms with Crippen molar-refractivity contribution in [1.82, 2.24) is 0 Å². The molecule has 0 aliphatic heterocycles. The summed E-state index contributed by atoms with van der Waals surface area (Å²) in [5.74, 6) is -0.940. The van der Waals surface area contributed by atoms with Crippen molar-refractivity contribution in [2.75, 3.05) is 36.8 Å². The van der Waals surface area contributed by atoms with Crippen LogP contribution in [0.2, 0.25) is 0 Å². The van der Waals surface area contributed by atoms with Crippen LogP contribution >= 0.6 is 0 Å². The lowest BCUT2D eigenvalue weighted by atomic mass is 9.92. The highest BCUT2D eigenvalue weighted by Crippen LogP contribution is 2.42. The maximum absolute atomic E-state index is 14.0. The summed E-state index contributed by atoms with van der Waals surface area (Å²) in [5.41, 5.74) is 17.5. The lowest BCUT2D eigenvalue weighted by Crippen LogP contribution is -2.28. The van der Waals surface area contributed by atoms with Crippen molar-refractivity contribution in [2.45, 2.75) is 9.79 Å². The Morgan fingerprint density at radius 2 is 1.29 bits per heavy atom. The number of anilines is 4. The third kappa shape index (κ3) is 9.46. The minimum Gasteiger partial charge on any atom is -0.494 e. The predicted octanol–water partition coefficient (Wildman–Crippen LogP) is 6.24. The first kappa shape index (κ1) is 44.9. The van der Waals surface area contributed by atoms with Crippen LogP contribution in [0, 0.1) is 10.1 Å². The molecule has 6 rings (SSSR count). The van der Waals surface area contributed by atoms with E-state index in [9.17, 15) is 53.8 Å². The Kier molecular flexibility index (Phi) is 12.1. The molecule has 1 aliphatic carbocycles. The zero-order chi connectivity index (χ0) is 46.2. The number of nitro benzene ring substituents is 1. The van der Waals surface area contributed by atoms with Gasteiger partial charge in [0.25, 0.3) is 36.0 Å². The van der Waals surface area contributed by atoms with E-state index in [1.54, 1.807) is 18.2 Å². The molecule has 0 unspecified atom stereocenters. The number of fused-ring (bicyclic) bond motifs is 1. The van der Waals surface area contributed by atoms with Crippen LogP contribution in [0.15, 0.2) is 119 Å². The van der Waals surface area contributed by atoms with Crippen LogP contribution in [0.4, 0.5) is 51.2 Å². The maximum Gasteiger partial charge on any atom is 0.296 e. The molecule has 0 radical (unpaired) electrons. The van der Waals surface area contributed by atoms with Gasteiger partial charge in [-0.2, -0.15) is 35.5 Å². The van der Waals surface area contributed by atoms with Gasteiger partial charge in [0.05, 0.1) is 53.1 Å². The average Bonchev–Trinajstić information content (AvgIpc) is 3.21. The number of carbonyl (C=O) groups is 1. The molecule has 0 bridgehead atoms. The number of rotatable bonds is 13. The smallest absolute Gasteiger partial charge is 0.296 e. The minimum atomic E-state index is -5.26. The van der Waals surface area contributed by atoms with Crippen molar-refractivity contribution in [3.8, 4) is 22.6 Å². The molecular weight excluding hydrogens is 893 g/mol.